The van der Waals surface area contributed by atoms with Crippen LogP contribution in [-0.2, 0) is 4.79 Å². The van der Waals surface area contributed by atoms with Crippen molar-refractivity contribution < 1.29 is 9.59 Å². The molecule has 7 heteroatoms. The number of hydrogen-bond donors (Lipinski definition) is 2. The maximum atomic E-state index is 12.1. The van der Waals surface area contributed by atoms with Crippen LogP contribution in [0.3, 0.4) is 0 Å². The lowest BCUT2D eigenvalue weighted by Crippen LogP contribution is -2.53. The van der Waals surface area contributed by atoms with E-state index in [1.807, 2.05) is 13.8 Å². The molecule has 1 aromatic heterocycles. The number of nitrogens with zero attached hydrogens (tertiary/aromatic N) is 2. The smallest absolute Gasteiger partial charge is 0.272 e. The van der Waals surface area contributed by atoms with Gasteiger partial charge in [0.2, 0.25) is 5.91 Å². The Kier molecular flexibility index (Phi) is 4.47. The topological polar surface area (TPSA) is 98.0 Å². The summed E-state index contributed by atoms with van der Waals surface area (Å²) in [5, 5.41) is 2.62. The highest BCUT2D eigenvalue weighted by Crippen LogP contribution is 2.17. The van der Waals surface area contributed by atoms with E-state index in [1.165, 1.54) is 20.0 Å². The minimum Gasteiger partial charge on any atom is -0.368 e. The van der Waals surface area contributed by atoms with E-state index in [4.69, 9.17) is 17.3 Å². The number of aromatic nitrogens is 2. The maximum Gasteiger partial charge on any atom is 0.272 e. The lowest BCUT2D eigenvalue weighted by Gasteiger charge is -2.22. The molecule has 0 radical (unpaired) electrons. The Bertz CT molecular complexity index is 514. The highest BCUT2D eigenvalue weighted by molar-refractivity contribution is 6.33. The average Bonchev–Trinajstić information content (AvgIpc) is 2.28. The van der Waals surface area contributed by atoms with Crippen molar-refractivity contribution in [3.8, 4) is 0 Å². The standard InChI is InChI=1S/C12H17ClN4O2/c1-6(2)9-15-5-7(13)8(16-9)10(18)17-12(3,4)11(14)19/h5-6H,1-4H3,(H2,14,19)(H,17,18). The Morgan fingerprint density at radius 3 is 2.47 bits per heavy atom. The molecule has 0 bridgehead atoms. The number of nitrogens with one attached hydrogen (secondary N) is 1. The quantitative estimate of drug-likeness (QED) is 0.869. The van der Waals surface area contributed by atoms with E-state index in [0.717, 1.165) is 0 Å². The minimum atomic E-state index is -1.18. The van der Waals surface area contributed by atoms with Gasteiger partial charge in [0, 0.05) is 5.92 Å². The van der Waals surface area contributed by atoms with Crippen LogP contribution in [0.15, 0.2) is 6.20 Å². The number of halogens is 1. The molecule has 0 aromatic carbocycles. The summed E-state index contributed by atoms with van der Waals surface area (Å²) in [4.78, 5) is 31.4. The summed E-state index contributed by atoms with van der Waals surface area (Å²) in [5.41, 5.74) is 4.05. The van der Waals surface area contributed by atoms with Crippen molar-refractivity contribution in [3.63, 3.8) is 0 Å². The molecular weight excluding hydrogens is 268 g/mol. The maximum absolute atomic E-state index is 12.1. The molecule has 0 fully saturated rings. The van der Waals surface area contributed by atoms with Crippen LogP contribution < -0.4 is 11.1 Å². The van der Waals surface area contributed by atoms with Crippen LogP contribution in [0.1, 0.15) is 49.9 Å². The van der Waals surface area contributed by atoms with Crippen LogP contribution >= 0.6 is 11.6 Å². The van der Waals surface area contributed by atoms with Crippen LogP contribution in [0.5, 0.6) is 0 Å². The lowest BCUT2D eigenvalue weighted by atomic mass is 10.0. The Labute approximate surface area is 116 Å². The zero-order chi connectivity index (χ0) is 14.8. The first-order chi connectivity index (χ1) is 8.65. The van der Waals surface area contributed by atoms with Gasteiger partial charge in [-0.25, -0.2) is 9.97 Å². The SMILES string of the molecule is CC(C)c1ncc(Cl)c(C(=O)NC(C)(C)C(N)=O)n1. The van der Waals surface area contributed by atoms with E-state index in [-0.39, 0.29) is 16.6 Å². The van der Waals surface area contributed by atoms with Gasteiger partial charge in [0.05, 0.1) is 11.2 Å². The molecule has 0 spiro atoms. The molecule has 0 saturated heterocycles. The van der Waals surface area contributed by atoms with E-state index < -0.39 is 17.4 Å². The van der Waals surface area contributed by atoms with Crippen molar-refractivity contribution in [3.05, 3.63) is 22.7 Å². The zero-order valence-corrected chi connectivity index (χ0v) is 12.1. The lowest BCUT2D eigenvalue weighted by molar-refractivity contribution is -0.122. The van der Waals surface area contributed by atoms with Crippen LogP contribution in [-0.4, -0.2) is 27.3 Å². The first-order valence-electron chi connectivity index (χ1n) is 5.80. The second-order valence-corrected chi connectivity index (χ2v) is 5.43. The van der Waals surface area contributed by atoms with Crippen molar-refractivity contribution in [2.75, 3.05) is 0 Å². The van der Waals surface area contributed by atoms with E-state index in [9.17, 15) is 9.59 Å². The first-order valence-corrected chi connectivity index (χ1v) is 6.17. The van der Waals surface area contributed by atoms with Gasteiger partial charge < -0.3 is 11.1 Å². The Morgan fingerprint density at radius 1 is 1.42 bits per heavy atom. The fourth-order valence-electron chi connectivity index (χ4n) is 1.22. The Morgan fingerprint density at radius 2 is 2.00 bits per heavy atom. The monoisotopic (exact) mass is 284 g/mol. The van der Waals surface area contributed by atoms with E-state index in [1.54, 1.807) is 0 Å². The predicted molar refractivity (Wildman–Crippen MR) is 71.9 cm³/mol. The van der Waals surface area contributed by atoms with Crippen LogP contribution in [0.2, 0.25) is 5.02 Å². The molecule has 0 aliphatic carbocycles. The highest BCUT2D eigenvalue weighted by Gasteiger charge is 2.29. The average molecular weight is 285 g/mol. The second-order valence-electron chi connectivity index (χ2n) is 5.02. The fourth-order valence-corrected chi connectivity index (χ4v) is 1.40. The van der Waals surface area contributed by atoms with Gasteiger partial charge in [-0.2, -0.15) is 0 Å². The molecule has 19 heavy (non-hydrogen) atoms. The molecule has 1 heterocycles. The summed E-state index contributed by atoms with van der Waals surface area (Å²) in [6, 6.07) is 0. The highest BCUT2D eigenvalue weighted by atomic mass is 35.5. The van der Waals surface area contributed by atoms with Crippen LogP contribution in [0.4, 0.5) is 0 Å². The molecule has 0 aliphatic rings. The number of primary amides is 1. The summed E-state index contributed by atoms with van der Waals surface area (Å²) < 4.78 is 0. The van der Waals surface area contributed by atoms with Crippen LogP contribution in [0, 0.1) is 0 Å². The van der Waals surface area contributed by atoms with Crippen LogP contribution in [0.25, 0.3) is 0 Å². The zero-order valence-electron chi connectivity index (χ0n) is 11.3. The molecule has 1 rings (SSSR count). The largest absolute Gasteiger partial charge is 0.368 e. The molecule has 104 valence electrons. The summed E-state index contributed by atoms with van der Waals surface area (Å²) >= 11 is 5.90. The van der Waals surface area contributed by atoms with E-state index in [2.05, 4.69) is 15.3 Å². The van der Waals surface area contributed by atoms with Crippen molar-refractivity contribution in [1.82, 2.24) is 15.3 Å². The molecule has 6 nitrogen and oxygen atoms in total. The third-order valence-corrected chi connectivity index (χ3v) is 2.81. The van der Waals surface area contributed by atoms with Crippen molar-refractivity contribution in [2.24, 2.45) is 5.73 Å². The van der Waals surface area contributed by atoms with Gasteiger partial charge in [-0.15, -0.1) is 0 Å². The first kappa shape index (κ1) is 15.4. The van der Waals surface area contributed by atoms with E-state index >= 15 is 0 Å². The molecule has 3 N–H and O–H groups in total. The minimum absolute atomic E-state index is 0.0368. The number of nitrogens with two attached hydrogens (primary N) is 1. The number of carbonyl (C=O) groups excluding carboxylic acids is 2. The molecular formula is C12H17ClN4O2. The Hall–Kier alpha value is -1.69. The predicted octanol–water partition coefficient (Wildman–Crippen LogP) is 1.25. The van der Waals surface area contributed by atoms with Gasteiger partial charge in [-0.05, 0) is 13.8 Å². The summed E-state index contributed by atoms with van der Waals surface area (Å²) in [6.07, 6.45) is 1.37. The van der Waals surface area contributed by atoms with E-state index in [0.29, 0.717) is 5.82 Å². The molecule has 0 unspecified atom stereocenters. The van der Waals surface area contributed by atoms with Gasteiger partial charge in [-0.1, -0.05) is 25.4 Å². The van der Waals surface area contributed by atoms with Gasteiger partial charge in [0.25, 0.3) is 5.91 Å². The van der Waals surface area contributed by atoms with Crippen molar-refractivity contribution in [1.29, 1.82) is 0 Å². The third kappa shape index (κ3) is 3.64. The number of hydrogen-bond acceptors (Lipinski definition) is 4. The summed E-state index contributed by atoms with van der Waals surface area (Å²) in [7, 11) is 0. The van der Waals surface area contributed by atoms with Crippen molar-refractivity contribution >= 4 is 23.4 Å². The number of rotatable bonds is 4. The normalized spacial score (nSPS) is 11.5. The number of carbonyl (C=O) groups is 2. The molecule has 2 amide bonds. The second kappa shape index (κ2) is 5.52. The molecule has 0 saturated carbocycles. The van der Waals surface area contributed by atoms with Gasteiger partial charge in [0.15, 0.2) is 0 Å². The summed E-state index contributed by atoms with van der Waals surface area (Å²) in [5.74, 6) is -0.632. The Balaban J connectivity index is 3.06. The van der Waals surface area contributed by atoms with Gasteiger partial charge >= 0.3 is 0 Å². The fraction of sp³-hybridized carbons (Fsp3) is 0.500. The molecule has 1 aromatic rings. The third-order valence-electron chi connectivity index (χ3n) is 2.54. The van der Waals surface area contributed by atoms with Gasteiger partial charge in [0.1, 0.15) is 17.1 Å². The molecule has 0 atom stereocenters. The number of amides is 2. The molecule has 0 aliphatic heterocycles. The van der Waals surface area contributed by atoms with Crippen molar-refractivity contribution in [2.45, 2.75) is 39.2 Å². The van der Waals surface area contributed by atoms with Gasteiger partial charge in [-0.3, -0.25) is 9.59 Å². The summed E-state index contributed by atoms with van der Waals surface area (Å²) in [6.45, 7) is 6.81.